The van der Waals surface area contributed by atoms with E-state index in [4.69, 9.17) is 11.5 Å². The summed E-state index contributed by atoms with van der Waals surface area (Å²) in [4.78, 5) is 12.5. The van der Waals surface area contributed by atoms with Gasteiger partial charge in [-0.3, -0.25) is 0 Å². The first-order chi connectivity index (χ1) is 13.4. The Bertz CT molecular complexity index is 1040. The number of nitrogens with one attached hydrogen (secondary N) is 1. The Morgan fingerprint density at radius 2 is 1.59 bits per heavy atom. The number of nitrogens with two attached hydrogens (primary N) is 2. The van der Waals surface area contributed by atoms with E-state index < -0.39 is 0 Å². The van der Waals surface area contributed by atoms with Gasteiger partial charge < -0.3 is 25.9 Å². The maximum atomic E-state index is 5.95. The first-order valence-electron chi connectivity index (χ1n) is 9.76. The van der Waals surface area contributed by atoms with E-state index in [9.17, 15) is 0 Å². The Balaban J connectivity index is 0.000000166. The molecule has 0 saturated carbocycles. The van der Waals surface area contributed by atoms with Crippen molar-refractivity contribution in [3.8, 4) is 0 Å². The SMILES string of the molecule is CC(C)(C)n1ccc2c(N)ncnc21.CC1=NC(N)c2ccn(C(C)(C)C)c2N1. The molecule has 1 aliphatic rings. The minimum absolute atomic E-state index is 0.0164. The molecule has 0 spiro atoms. The second-order valence-electron chi connectivity index (χ2n) is 9.30. The summed E-state index contributed by atoms with van der Waals surface area (Å²) in [6, 6.07) is 3.99. The van der Waals surface area contributed by atoms with Gasteiger partial charge in [-0.15, -0.1) is 0 Å². The molecule has 8 heteroatoms. The zero-order chi connectivity index (χ0) is 21.6. The lowest BCUT2D eigenvalue weighted by Crippen LogP contribution is -2.28. The maximum absolute atomic E-state index is 5.95. The van der Waals surface area contributed by atoms with Crippen molar-refractivity contribution < 1.29 is 0 Å². The molecule has 0 saturated heterocycles. The van der Waals surface area contributed by atoms with Gasteiger partial charge in [0, 0.05) is 29.0 Å². The molecule has 1 unspecified atom stereocenters. The molecule has 0 aromatic carbocycles. The van der Waals surface area contributed by atoms with Crippen molar-refractivity contribution in [2.45, 2.75) is 65.7 Å². The van der Waals surface area contributed by atoms with E-state index >= 15 is 0 Å². The molecule has 156 valence electrons. The van der Waals surface area contributed by atoms with Crippen molar-refractivity contribution in [2.24, 2.45) is 10.7 Å². The third-order valence-electron chi connectivity index (χ3n) is 4.83. The summed E-state index contributed by atoms with van der Waals surface area (Å²) in [5.41, 5.74) is 13.7. The normalized spacial score (nSPS) is 16.6. The summed E-state index contributed by atoms with van der Waals surface area (Å²) in [5, 5.41) is 4.20. The number of hydrogen-bond donors (Lipinski definition) is 3. The van der Waals surface area contributed by atoms with Gasteiger partial charge in [0.2, 0.25) is 0 Å². The van der Waals surface area contributed by atoms with Crippen LogP contribution in [0.4, 0.5) is 11.6 Å². The van der Waals surface area contributed by atoms with E-state index in [0.29, 0.717) is 5.82 Å². The van der Waals surface area contributed by atoms with Crippen LogP contribution in [0.25, 0.3) is 11.0 Å². The number of aliphatic imine (C=N–C) groups is 1. The highest BCUT2D eigenvalue weighted by Gasteiger charge is 2.24. The number of aromatic nitrogens is 4. The average molecular weight is 397 g/mol. The molecule has 5 N–H and O–H groups in total. The van der Waals surface area contributed by atoms with Gasteiger partial charge in [-0.25, -0.2) is 15.0 Å². The van der Waals surface area contributed by atoms with Gasteiger partial charge in [0.05, 0.1) is 5.39 Å². The van der Waals surface area contributed by atoms with Gasteiger partial charge >= 0.3 is 0 Å². The van der Waals surface area contributed by atoms with Gasteiger partial charge in [-0.1, -0.05) is 0 Å². The van der Waals surface area contributed by atoms with Crippen LogP contribution < -0.4 is 16.8 Å². The largest absolute Gasteiger partial charge is 0.383 e. The maximum Gasteiger partial charge on any atom is 0.145 e. The molecule has 1 atom stereocenters. The highest BCUT2D eigenvalue weighted by Crippen LogP contribution is 2.32. The van der Waals surface area contributed by atoms with Crippen LogP contribution >= 0.6 is 0 Å². The highest BCUT2D eigenvalue weighted by atomic mass is 15.2. The van der Waals surface area contributed by atoms with Gasteiger partial charge in [-0.05, 0) is 60.6 Å². The number of nitrogen functional groups attached to an aromatic ring is 1. The van der Waals surface area contributed by atoms with Crippen molar-refractivity contribution in [2.75, 3.05) is 11.1 Å². The minimum Gasteiger partial charge on any atom is -0.383 e. The molecule has 0 fully saturated rings. The fraction of sp³-hybridized carbons (Fsp3) is 0.476. The highest BCUT2D eigenvalue weighted by molar-refractivity contribution is 5.95. The zero-order valence-electron chi connectivity index (χ0n) is 18.4. The summed E-state index contributed by atoms with van der Waals surface area (Å²) in [7, 11) is 0. The van der Waals surface area contributed by atoms with Gasteiger partial charge in [0.25, 0.3) is 0 Å². The Kier molecular flexibility index (Phi) is 5.17. The fourth-order valence-corrected chi connectivity index (χ4v) is 3.37. The lowest BCUT2D eigenvalue weighted by molar-refractivity contribution is 0.403. The van der Waals surface area contributed by atoms with Crippen LogP contribution in [0.1, 0.15) is 60.2 Å². The molecule has 4 rings (SSSR count). The van der Waals surface area contributed by atoms with Crippen LogP contribution in [0.15, 0.2) is 35.8 Å². The van der Waals surface area contributed by atoms with E-state index in [1.165, 1.54) is 6.33 Å². The minimum atomic E-state index is -0.232. The molecule has 3 aromatic heterocycles. The average Bonchev–Trinajstić information content (AvgIpc) is 3.19. The van der Waals surface area contributed by atoms with Crippen molar-refractivity contribution in [1.29, 1.82) is 0 Å². The van der Waals surface area contributed by atoms with E-state index in [1.807, 2.05) is 25.3 Å². The van der Waals surface area contributed by atoms with E-state index in [1.54, 1.807) is 0 Å². The number of hydrogen-bond acceptors (Lipinski definition) is 6. The van der Waals surface area contributed by atoms with Crippen LogP contribution in [0, 0.1) is 0 Å². The van der Waals surface area contributed by atoms with Gasteiger partial charge in [0.1, 0.15) is 35.6 Å². The fourth-order valence-electron chi connectivity index (χ4n) is 3.37. The number of amidine groups is 1. The molecule has 29 heavy (non-hydrogen) atoms. The molecule has 4 heterocycles. The molecule has 8 nitrogen and oxygen atoms in total. The predicted octanol–water partition coefficient (Wildman–Crippen LogP) is 3.81. The summed E-state index contributed by atoms with van der Waals surface area (Å²) >= 11 is 0. The molecule has 3 aromatic rings. The molecule has 0 radical (unpaired) electrons. The molecular formula is C21H32N8. The van der Waals surface area contributed by atoms with E-state index in [0.717, 1.165) is 28.3 Å². The van der Waals surface area contributed by atoms with Gasteiger partial charge in [0.15, 0.2) is 0 Å². The van der Waals surface area contributed by atoms with Crippen LogP contribution in [-0.4, -0.2) is 24.9 Å². The summed E-state index contributed by atoms with van der Waals surface area (Å²) in [6.45, 7) is 14.8. The smallest absolute Gasteiger partial charge is 0.145 e. The summed E-state index contributed by atoms with van der Waals surface area (Å²) in [5.74, 6) is 2.49. The topological polar surface area (TPSA) is 112 Å². The van der Waals surface area contributed by atoms with E-state index in [-0.39, 0.29) is 17.2 Å². The lowest BCUT2D eigenvalue weighted by Gasteiger charge is -2.27. The number of nitrogens with zero attached hydrogens (tertiary/aromatic N) is 5. The zero-order valence-corrected chi connectivity index (χ0v) is 18.4. The molecule has 1 aliphatic heterocycles. The first kappa shape index (κ1) is 20.9. The lowest BCUT2D eigenvalue weighted by atomic mass is 10.1. The number of rotatable bonds is 0. The quantitative estimate of drug-likeness (QED) is 0.535. The van der Waals surface area contributed by atoms with Crippen molar-refractivity contribution in [3.63, 3.8) is 0 Å². The second kappa shape index (κ2) is 7.18. The Hall–Kier alpha value is -2.87. The summed E-state index contributed by atoms with van der Waals surface area (Å²) in [6.07, 6.45) is 5.33. The van der Waals surface area contributed by atoms with Crippen LogP contribution in [-0.2, 0) is 11.1 Å². The molecule has 0 amide bonds. The van der Waals surface area contributed by atoms with Crippen LogP contribution in [0.2, 0.25) is 0 Å². The predicted molar refractivity (Wildman–Crippen MR) is 120 cm³/mol. The molecular weight excluding hydrogens is 364 g/mol. The Morgan fingerprint density at radius 3 is 2.21 bits per heavy atom. The molecule has 0 bridgehead atoms. The Morgan fingerprint density at radius 1 is 0.966 bits per heavy atom. The second-order valence-corrected chi connectivity index (χ2v) is 9.30. The van der Waals surface area contributed by atoms with E-state index in [2.05, 4.69) is 77.2 Å². The third-order valence-corrected chi connectivity index (χ3v) is 4.83. The monoisotopic (exact) mass is 396 g/mol. The number of fused-ring (bicyclic) bond motifs is 2. The van der Waals surface area contributed by atoms with Gasteiger partial charge in [-0.2, -0.15) is 0 Å². The van der Waals surface area contributed by atoms with Crippen molar-refractivity contribution >= 4 is 28.5 Å². The standard InChI is InChI=1S/C11H18N4.C10H14N4/c1-7-13-9(12)8-5-6-15(10(8)14-7)11(2,3)4;1-10(2,3)14-5-4-7-8(11)12-6-13-9(7)14/h5-6,9H,12H2,1-4H3,(H,13,14);4-6H,1-3H3,(H2,11,12,13). The Labute approximate surface area is 172 Å². The van der Waals surface area contributed by atoms with Crippen molar-refractivity contribution in [1.82, 2.24) is 19.1 Å². The summed E-state index contributed by atoms with van der Waals surface area (Å²) < 4.78 is 4.29. The first-order valence-corrected chi connectivity index (χ1v) is 9.76. The van der Waals surface area contributed by atoms with Crippen LogP contribution in [0.3, 0.4) is 0 Å². The number of anilines is 2. The molecule has 0 aliphatic carbocycles. The van der Waals surface area contributed by atoms with Crippen molar-refractivity contribution in [3.05, 3.63) is 36.4 Å². The third kappa shape index (κ3) is 4.12. The van der Waals surface area contributed by atoms with Crippen LogP contribution in [0.5, 0.6) is 0 Å².